The van der Waals surface area contributed by atoms with Crippen LogP contribution < -0.4 is 10.1 Å². The van der Waals surface area contributed by atoms with E-state index < -0.39 is 0 Å². The number of aromatic nitrogens is 2. The Morgan fingerprint density at radius 3 is 2.88 bits per heavy atom. The number of alkyl halides is 1. The maximum absolute atomic E-state index is 6.01. The number of nitrogens with zero attached hydrogens (tertiary/aromatic N) is 2. The maximum atomic E-state index is 6.01. The lowest BCUT2D eigenvalue weighted by atomic mass is 10.0. The Morgan fingerprint density at radius 1 is 1.53 bits per heavy atom. The SMILES string of the molecule is COc1ncc(Cl)c(NCC2(CCCl)CC2)n1. The Morgan fingerprint density at radius 2 is 2.29 bits per heavy atom. The summed E-state index contributed by atoms with van der Waals surface area (Å²) in [4.78, 5) is 8.10. The lowest BCUT2D eigenvalue weighted by Gasteiger charge is -2.15. The average molecular weight is 276 g/mol. The third-order valence-corrected chi connectivity index (χ3v) is 3.58. The number of rotatable bonds is 6. The molecule has 0 spiro atoms. The van der Waals surface area contributed by atoms with Crippen LogP contribution in [-0.2, 0) is 0 Å². The number of anilines is 1. The van der Waals surface area contributed by atoms with Gasteiger partial charge in [0.25, 0.3) is 0 Å². The number of hydrogen-bond donors (Lipinski definition) is 1. The number of halogens is 2. The second-order valence-corrected chi connectivity index (χ2v) is 5.13. The van der Waals surface area contributed by atoms with Gasteiger partial charge in [0.15, 0.2) is 5.82 Å². The van der Waals surface area contributed by atoms with Crippen molar-refractivity contribution in [1.29, 1.82) is 0 Å². The summed E-state index contributed by atoms with van der Waals surface area (Å²) < 4.78 is 4.96. The molecule has 0 atom stereocenters. The van der Waals surface area contributed by atoms with E-state index in [9.17, 15) is 0 Å². The fourth-order valence-electron chi connectivity index (χ4n) is 1.74. The van der Waals surface area contributed by atoms with Crippen LogP contribution >= 0.6 is 23.2 Å². The molecule has 1 N–H and O–H groups in total. The molecular formula is C11H15Cl2N3O. The largest absolute Gasteiger partial charge is 0.467 e. The zero-order valence-electron chi connectivity index (χ0n) is 9.67. The molecule has 1 aliphatic carbocycles. The molecular weight excluding hydrogens is 261 g/mol. The minimum atomic E-state index is 0.319. The van der Waals surface area contributed by atoms with Gasteiger partial charge in [0.2, 0.25) is 0 Å². The molecule has 1 aromatic rings. The first kappa shape index (κ1) is 12.7. The first-order chi connectivity index (χ1) is 8.19. The van der Waals surface area contributed by atoms with Crippen molar-refractivity contribution in [1.82, 2.24) is 9.97 Å². The smallest absolute Gasteiger partial charge is 0.318 e. The van der Waals surface area contributed by atoms with E-state index in [1.807, 2.05) is 0 Å². The van der Waals surface area contributed by atoms with Crippen LogP contribution in [-0.4, -0.2) is 29.5 Å². The Kier molecular flexibility index (Phi) is 3.94. The van der Waals surface area contributed by atoms with Crippen molar-refractivity contribution in [2.75, 3.05) is 24.9 Å². The van der Waals surface area contributed by atoms with Crippen molar-refractivity contribution in [2.45, 2.75) is 19.3 Å². The Labute approximate surface area is 111 Å². The number of ether oxygens (including phenoxy) is 1. The molecule has 0 unspecified atom stereocenters. The Hall–Kier alpha value is -0.740. The molecule has 0 saturated heterocycles. The number of hydrogen-bond acceptors (Lipinski definition) is 4. The topological polar surface area (TPSA) is 47.0 Å². The first-order valence-corrected chi connectivity index (χ1v) is 6.47. The standard InChI is InChI=1S/C11H15Cl2N3O/c1-17-10-14-6-8(13)9(16-10)15-7-11(2-3-11)4-5-12/h6H,2-5,7H2,1H3,(H,14,15,16). The third kappa shape index (κ3) is 3.13. The van der Waals surface area contributed by atoms with Crippen molar-refractivity contribution in [3.05, 3.63) is 11.2 Å². The van der Waals surface area contributed by atoms with Crippen LogP contribution in [0.2, 0.25) is 5.02 Å². The quantitative estimate of drug-likeness (QED) is 0.811. The highest BCUT2D eigenvalue weighted by Crippen LogP contribution is 2.49. The highest BCUT2D eigenvalue weighted by Gasteiger charge is 2.41. The summed E-state index contributed by atoms with van der Waals surface area (Å²) in [6.45, 7) is 0.847. The summed E-state index contributed by atoms with van der Waals surface area (Å²) in [7, 11) is 1.53. The normalized spacial score (nSPS) is 16.6. The van der Waals surface area contributed by atoms with Crippen molar-refractivity contribution in [3.8, 4) is 6.01 Å². The molecule has 1 aliphatic rings. The maximum Gasteiger partial charge on any atom is 0.318 e. The summed E-state index contributed by atoms with van der Waals surface area (Å²) >= 11 is 11.8. The van der Waals surface area contributed by atoms with Crippen LogP contribution in [0.25, 0.3) is 0 Å². The van der Waals surface area contributed by atoms with Crippen LogP contribution in [0.15, 0.2) is 6.20 Å². The second-order valence-electron chi connectivity index (χ2n) is 4.35. The van der Waals surface area contributed by atoms with Gasteiger partial charge in [-0.15, -0.1) is 11.6 Å². The molecule has 0 radical (unpaired) electrons. The second kappa shape index (κ2) is 5.27. The van der Waals surface area contributed by atoms with E-state index in [0.29, 0.717) is 28.1 Å². The zero-order valence-corrected chi connectivity index (χ0v) is 11.2. The molecule has 6 heteroatoms. The van der Waals surface area contributed by atoms with E-state index in [0.717, 1.165) is 13.0 Å². The van der Waals surface area contributed by atoms with Crippen LogP contribution in [0.1, 0.15) is 19.3 Å². The predicted molar refractivity (Wildman–Crippen MR) is 69.1 cm³/mol. The molecule has 0 aliphatic heterocycles. The van der Waals surface area contributed by atoms with Gasteiger partial charge in [-0.05, 0) is 24.7 Å². The van der Waals surface area contributed by atoms with Crippen LogP contribution in [0.4, 0.5) is 5.82 Å². The highest BCUT2D eigenvalue weighted by molar-refractivity contribution is 6.32. The molecule has 0 bridgehead atoms. The third-order valence-electron chi connectivity index (χ3n) is 3.12. The molecule has 2 rings (SSSR count). The fraction of sp³-hybridized carbons (Fsp3) is 0.636. The van der Waals surface area contributed by atoms with Crippen LogP contribution in [0, 0.1) is 5.41 Å². The van der Waals surface area contributed by atoms with Crippen molar-refractivity contribution in [2.24, 2.45) is 5.41 Å². The van der Waals surface area contributed by atoms with E-state index in [4.69, 9.17) is 27.9 Å². The van der Waals surface area contributed by atoms with Gasteiger partial charge in [-0.2, -0.15) is 4.98 Å². The molecule has 1 fully saturated rings. The van der Waals surface area contributed by atoms with Gasteiger partial charge < -0.3 is 10.1 Å². The Bertz CT molecular complexity index is 396. The number of methoxy groups -OCH3 is 1. The molecule has 4 nitrogen and oxygen atoms in total. The molecule has 1 aromatic heterocycles. The molecule has 1 heterocycles. The summed E-state index contributed by atoms with van der Waals surface area (Å²) in [6.07, 6.45) is 5.00. The summed E-state index contributed by atoms with van der Waals surface area (Å²) in [5, 5.41) is 3.76. The average Bonchev–Trinajstić information content (AvgIpc) is 3.09. The minimum Gasteiger partial charge on any atom is -0.467 e. The fourth-order valence-corrected chi connectivity index (χ4v) is 2.30. The van der Waals surface area contributed by atoms with Gasteiger partial charge in [-0.25, -0.2) is 4.98 Å². The predicted octanol–water partition coefficient (Wildman–Crippen LogP) is 2.96. The van der Waals surface area contributed by atoms with Gasteiger partial charge in [-0.1, -0.05) is 11.6 Å². The lowest BCUT2D eigenvalue weighted by molar-refractivity contribution is 0.380. The van der Waals surface area contributed by atoms with E-state index in [-0.39, 0.29) is 0 Å². The molecule has 0 aromatic carbocycles. The van der Waals surface area contributed by atoms with Crippen LogP contribution in [0.5, 0.6) is 6.01 Å². The molecule has 1 saturated carbocycles. The molecule has 0 amide bonds. The number of nitrogens with one attached hydrogen (secondary N) is 1. The van der Waals surface area contributed by atoms with Crippen molar-refractivity contribution in [3.63, 3.8) is 0 Å². The van der Waals surface area contributed by atoms with Gasteiger partial charge in [0.1, 0.15) is 5.02 Å². The lowest BCUT2D eigenvalue weighted by Crippen LogP contribution is -2.17. The van der Waals surface area contributed by atoms with E-state index in [1.165, 1.54) is 26.1 Å². The van der Waals surface area contributed by atoms with Gasteiger partial charge >= 0.3 is 6.01 Å². The first-order valence-electron chi connectivity index (χ1n) is 5.55. The van der Waals surface area contributed by atoms with E-state index >= 15 is 0 Å². The van der Waals surface area contributed by atoms with Gasteiger partial charge in [0.05, 0.1) is 13.3 Å². The monoisotopic (exact) mass is 275 g/mol. The molecule has 94 valence electrons. The zero-order chi connectivity index (χ0) is 12.3. The highest BCUT2D eigenvalue weighted by atomic mass is 35.5. The van der Waals surface area contributed by atoms with E-state index in [1.54, 1.807) is 0 Å². The van der Waals surface area contributed by atoms with Gasteiger partial charge in [-0.3, -0.25) is 0 Å². The van der Waals surface area contributed by atoms with Crippen molar-refractivity contribution >= 4 is 29.0 Å². The molecule has 17 heavy (non-hydrogen) atoms. The summed E-state index contributed by atoms with van der Waals surface area (Å²) in [5.41, 5.74) is 0.337. The Balaban J connectivity index is 1.98. The van der Waals surface area contributed by atoms with Crippen LogP contribution in [0.3, 0.4) is 0 Å². The summed E-state index contributed by atoms with van der Waals surface area (Å²) in [6, 6.07) is 0.319. The minimum absolute atomic E-state index is 0.319. The van der Waals surface area contributed by atoms with E-state index in [2.05, 4.69) is 15.3 Å². The van der Waals surface area contributed by atoms with Gasteiger partial charge in [0, 0.05) is 12.4 Å². The summed E-state index contributed by atoms with van der Waals surface area (Å²) in [5.74, 6) is 1.32. The van der Waals surface area contributed by atoms with Crippen molar-refractivity contribution < 1.29 is 4.74 Å².